The average molecular weight is 280 g/mol. The van der Waals surface area contributed by atoms with E-state index in [0.717, 1.165) is 12.8 Å². The third-order valence-corrected chi connectivity index (χ3v) is 3.19. The Morgan fingerprint density at radius 2 is 1.40 bits per heavy atom. The smallest absolute Gasteiger partial charge is 0.302 e. The van der Waals surface area contributed by atoms with E-state index in [9.17, 15) is 4.79 Å². The summed E-state index contributed by atoms with van der Waals surface area (Å²) in [6, 6.07) is 0. The summed E-state index contributed by atoms with van der Waals surface area (Å²) in [6.07, 6.45) is 21.2. The lowest BCUT2D eigenvalue weighted by Crippen LogP contribution is -2.00. The van der Waals surface area contributed by atoms with Crippen molar-refractivity contribution in [3.05, 3.63) is 24.3 Å². The molecule has 0 heterocycles. The van der Waals surface area contributed by atoms with E-state index in [1.807, 2.05) is 0 Å². The molecule has 0 saturated carbocycles. The Balaban J connectivity index is 3.08. The lowest BCUT2D eigenvalue weighted by atomic mass is 10.1. The number of rotatable bonds is 13. The molecule has 116 valence electrons. The van der Waals surface area contributed by atoms with Crippen molar-refractivity contribution in [3.8, 4) is 0 Å². The van der Waals surface area contributed by atoms with Crippen LogP contribution in [-0.2, 0) is 9.53 Å². The molecule has 0 aliphatic rings. The van der Waals surface area contributed by atoms with Crippen molar-refractivity contribution >= 4 is 5.97 Å². The van der Waals surface area contributed by atoms with Gasteiger partial charge in [-0.15, -0.1) is 0 Å². The van der Waals surface area contributed by atoms with Gasteiger partial charge in [-0.05, 0) is 25.7 Å². The molecular formula is C18H32O2. The van der Waals surface area contributed by atoms with Crippen LogP contribution in [-0.4, -0.2) is 12.6 Å². The van der Waals surface area contributed by atoms with Crippen molar-refractivity contribution in [3.63, 3.8) is 0 Å². The number of esters is 1. The minimum atomic E-state index is -0.163. The number of unbranched alkanes of at least 4 members (excludes halogenated alkanes) is 8. The van der Waals surface area contributed by atoms with Gasteiger partial charge in [0, 0.05) is 6.92 Å². The first-order chi connectivity index (χ1) is 9.77. The van der Waals surface area contributed by atoms with Gasteiger partial charge in [-0.3, -0.25) is 4.79 Å². The zero-order chi connectivity index (χ0) is 14.9. The van der Waals surface area contributed by atoms with E-state index in [1.54, 1.807) is 0 Å². The summed E-state index contributed by atoms with van der Waals surface area (Å²) in [5.74, 6) is -0.163. The second-order valence-corrected chi connectivity index (χ2v) is 5.22. The van der Waals surface area contributed by atoms with E-state index in [2.05, 4.69) is 31.2 Å². The Labute approximate surface area is 125 Å². The molecule has 0 unspecified atom stereocenters. The minimum Gasteiger partial charge on any atom is -0.466 e. The first-order valence-corrected chi connectivity index (χ1v) is 8.22. The number of hydrogen-bond acceptors (Lipinski definition) is 2. The number of carbonyl (C=O) groups excluding carboxylic acids is 1. The van der Waals surface area contributed by atoms with Crippen LogP contribution in [0.25, 0.3) is 0 Å². The summed E-state index contributed by atoms with van der Waals surface area (Å²) < 4.78 is 4.90. The first-order valence-electron chi connectivity index (χ1n) is 8.22. The lowest BCUT2D eigenvalue weighted by Gasteiger charge is -2.02. The SMILES string of the molecule is CCC=C/C=C\CCCCCCCCCCOC(C)=O. The highest BCUT2D eigenvalue weighted by atomic mass is 16.5. The minimum absolute atomic E-state index is 0.163. The van der Waals surface area contributed by atoms with Gasteiger partial charge in [-0.25, -0.2) is 0 Å². The highest BCUT2D eigenvalue weighted by Crippen LogP contribution is 2.10. The van der Waals surface area contributed by atoms with Crippen LogP contribution in [0.15, 0.2) is 24.3 Å². The lowest BCUT2D eigenvalue weighted by molar-refractivity contribution is -0.141. The van der Waals surface area contributed by atoms with Crippen LogP contribution in [0.2, 0.25) is 0 Å². The van der Waals surface area contributed by atoms with Crippen molar-refractivity contribution in [2.45, 2.75) is 78.1 Å². The molecule has 0 aliphatic carbocycles. The molecule has 0 N–H and O–H groups in total. The quantitative estimate of drug-likeness (QED) is 0.250. The number of carbonyl (C=O) groups is 1. The Hall–Kier alpha value is -1.05. The molecule has 0 aliphatic heterocycles. The Bertz CT molecular complexity index is 267. The molecule has 0 rings (SSSR count). The Morgan fingerprint density at radius 1 is 0.850 bits per heavy atom. The summed E-state index contributed by atoms with van der Waals surface area (Å²) in [4.78, 5) is 10.5. The molecule has 0 amide bonds. The molecule has 2 nitrogen and oxygen atoms in total. The molecule has 0 aromatic carbocycles. The summed E-state index contributed by atoms with van der Waals surface area (Å²) in [5.41, 5.74) is 0. The predicted octanol–water partition coefficient (Wildman–Crippen LogP) is 5.58. The maximum atomic E-state index is 10.5. The molecule has 0 atom stereocenters. The molecule has 0 radical (unpaired) electrons. The Kier molecular flexibility index (Phi) is 15.2. The third-order valence-electron chi connectivity index (χ3n) is 3.19. The van der Waals surface area contributed by atoms with Gasteiger partial charge in [-0.2, -0.15) is 0 Å². The van der Waals surface area contributed by atoms with Crippen molar-refractivity contribution in [1.29, 1.82) is 0 Å². The normalized spacial score (nSPS) is 11.5. The molecule has 2 heteroatoms. The van der Waals surface area contributed by atoms with Crippen LogP contribution >= 0.6 is 0 Å². The third kappa shape index (κ3) is 16.9. The van der Waals surface area contributed by atoms with Gasteiger partial charge in [0.2, 0.25) is 0 Å². The average Bonchev–Trinajstić information content (AvgIpc) is 2.43. The number of allylic oxidation sites excluding steroid dienone is 4. The predicted molar refractivity (Wildman–Crippen MR) is 86.8 cm³/mol. The molecule has 0 aromatic rings. The van der Waals surface area contributed by atoms with Crippen molar-refractivity contribution in [2.75, 3.05) is 6.61 Å². The summed E-state index contributed by atoms with van der Waals surface area (Å²) in [6.45, 7) is 4.21. The Morgan fingerprint density at radius 3 is 2.00 bits per heavy atom. The molecule has 0 aromatic heterocycles. The van der Waals surface area contributed by atoms with Crippen LogP contribution in [0.1, 0.15) is 78.1 Å². The zero-order valence-corrected chi connectivity index (χ0v) is 13.4. The van der Waals surface area contributed by atoms with Gasteiger partial charge >= 0.3 is 5.97 Å². The maximum absolute atomic E-state index is 10.5. The second kappa shape index (κ2) is 16.0. The highest BCUT2D eigenvalue weighted by molar-refractivity contribution is 5.65. The summed E-state index contributed by atoms with van der Waals surface area (Å²) in [5, 5.41) is 0. The fourth-order valence-corrected chi connectivity index (χ4v) is 2.03. The van der Waals surface area contributed by atoms with Crippen molar-refractivity contribution in [2.24, 2.45) is 0 Å². The van der Waals surface area contributed by atoms with E-state index in [0.29, 0.717) is 6.61 Å². The topological polar surface area (TPSA) is 26.3 Å². The number of hydrogen-bond donors (Lipinski definition) is 0. The maximum Gasteiger partial charge on any atom is 0.302 e. The van der Waals surface area contributed by atoms with Crippen molar-refractivity contribution in [1.82, 2.24) is 0 Å². The standard InChI is InChI=1S/C18H32O2/c1-3-4-5-6-7-8-9-10-11-12-13-14-15-16-17-20-18(2)19/h4-7H,3,8-17H2,1-2H3/b5-4?,7-6-. The zero-order valence-electron chi connectivity index (χ0n) is 13.4. The molecular weight excluding hydrogens is 248 g/mol. The van der Waals surface area contributed by atoms with Gasteiger partial charge in [0.15, 0.2) is 0 Å². The largest absolute Gasteiger partial charge is 0.466 e. The van der Waals surface area contributed by atoms with Gasteiger partial charge in [0.05, 0.1) is 6.61 Å². The van der Waals surface area contributed by atoms with E-state index in [4.69, 9.17) is 4.74 Å². The van der Waals surface area contributed by atoms with Crippen LogP contribution in [0.5, 0.6) is 0 Å². The van der Waals surface area contributed by atoms with E-state index >= 15 is 0 Å². The fourth-order valence-electron chi connectivity index (χ4n) is 2.03. The van der Waals surface area contributed by atoms with Gasteiger partial charge in [0.25, 0.3) is 0 Å². The van der Waals surface area contributed by atoms with Crippen LogP contribution < -0.4 is 0 Å². The monoisotopic (exact) mass is 280 g/mol. The molecule has 20 heavy (non-hydrogen) atoms. The molecule has 0 spiro atoms. The number of ether oxygens (including phenoxy) is 1. The highest BCUT2D eigenvalue weighted by Gasteiger charge is 1.94. The van der Waals surface area contributed by atoms with E-state index < -0.39 is 0 Å². The van der Waals surface area contributed by atoms with E-state index in [1.165, 1.54) is 58.3 Å². The van der Waals surface area contributed by atoms with Crippen molar-refractivity contribution < 1.29 is 9.53 Å². The summed E-state index contributed by atoms with van der Waals surface area (Å²) in [7, 11) is 0. The molecule has 0 fully saturated rings. The molecule has 0 saturated heterocycles. The van der Waals surface area contributed by atoms with Gasteiger partial charge in [-0.1, -0.05) is 69.8 Å². The second-order valence-electron chi connectivity index (χ2n) is 5.22. The fraction of sp³-hybridized carbons (Fsp3) is 0.722. The van der Waals surface area contributed by atoms with Gasteiger partial charge in [0.1, 0.15) is 0 Å². The van der Waals surface area contributed by atoms with Gasteiger partial charge < -0.3 is 4.74 Å². The molecule has 0 bridgehead atoms. The first kappa shape index (κ1) is 18.9. The summed E-state index contributed by atoms with van der Waals surface area (Å²) >= 11 is 0. The van der Waals surface area contributed by atoms with Crippen LogP contribution in [0, 0.1) is 0 Å². The van der Waals surface area contributed by atoms with Crippen LogP contribution in [0.3, 0.4) is 0 Å². The van der Waals surface area contributed by atoms with E-state index in [-0.39, 0.29) is 5.97 Å². The van der Waals surface area contributed by atoms with Crippen LogP contribution in [0.4, 0.5) is 0 Å².